The predicted octanol–water partition coefficient (Wildman–Crippen LogP) is 2.64. The number of nitrogens with zero attached hydrogens (tertiary/aromatic N) is 4. The molecule has 0 fully saturated rings. The lowest BCUT2D eigenvalue weighted by atomic mass is 10.1. The zero-order valence-electron chi connectivity index (χ0n) is 17.3. The normalized spacial score (nSPS) is 11.1. The van der Waals surface area contributed by atoms with E-state index in [1.807, 2.05) is 0 Å². The fourth-order valence-electron chi connectivity index (χ4n) is 2.53. The number of rotatable bonds is 12. The van der Waals surface area contributed by atoms with E-state index < -0.39 is 16.2 Å². The first-order valence-corrected chi connectivity index (χ1v) is 12.6. The van der Waals surface area contributed by atoms with E-state index in [1.165, 1.54) is 0 Å². The lowest BCUT2D eigenvalue weighted by molar-refractivity contribution is -0.136. The Morgan fingerprint density at radius 3 is 2.32 bits per heavy atom. The largest absolute Gasteiger partial charge is 0.481 e. The summed E-state index contributed by atoms with van der Waals surface area (Å²) in [7, 11) is -4.11. The SMILES string of the molecule is O=C(O)CCNS(=O)(=O)Nc1ncnc(OCCOc2ncc(Br)cn2)c1-c1ccc(Br)cc1. The van der Waals surface area contributed by atoms with Crippen molar-refractivity contribution in [2.24, 2.45) is 0 Å². The van der Waals surface area contributed by atoms with Gasteiger partial charge in [0.25, 0.3) is 10.2 Å². The molecule has 12 nitrogen and oxygen atoms in total. The topological polar surface area (TPSA) is 166 Å². The number of hydrogen-bond acceptors (Lipinski definition) is 9. The zero-order chi connectivity index (χ0) is 24.6. The molecule has 3 N–H and O–H groups in total. The molecule has 0 radical (unpaired) electrons. The van der Waals surface area contributed by atoms with Crippen LogP contribution in [0, 0.1) is 0 Å². The number of halogens is 2. The molecule has 0 aliphatic rings. The van der Waals surface area contributed by atoms with Gasteiger partial charge in [-0.05, 0) is 33.6 Å². The van der Waals surface area contributed by atoms with Crippen LogP contribution in [0.2, 0.25) is 0 Å². The van der Waals surface area contributed by atoms with Gasteiger partial charge in [-0.25, -0.2) is 19.9 Å². The molecular formula is C19H18Br2N6O6S. The Bertz CT molecular complexity index is 1230. The average Bonchev–Trinajstić information content (AvgIpc) is 2.78. The molecule has 0 amide bonds. The highest BCUT2D eigenvalue weighted by Crippen LogP contribution is 2.34. The Kier molecular flexibility index (Phi) is 9.09. The summed E-state index contributed by atoms with van der Waals surface area (Å²) in [6.45, 7) is -0.131. The molecule has 0 unspecified atom stereocenters. The second-order valence-corrected chi connectivity index (χ2v) is 9.76. The summed E-state index contributed by atoms with van der Waals surface area (Å²) in [6, 6.07) is 7.17. The van der Waals surface area contributed by atoms with E-state index in [1.54, 1.807) is 36.7 Å². The average molecular weight is 618 g/mol. The molecule has 2 aromatic heterocycles. The van der Waals surface area contributed by atoms with Crippen LogP contribution in [-0.2, 0) is 15.0 Å². The number of anilines is 1. The van der Waals surface area contributed by atoms with Gasteiger partial charge in [-0.2, -0.15) is 13.1 Å². The predicted molar refractivity (Wildman–Crippen MR) is 129 cm³/mol. The summed E-state index contributed by atoms with van der Waals surface area (Å²) in [4.78, 5) is 26.9. The molecule has 0 aliphatic carbocycles. The molecule has 0 aliphatic heterocycles. The number of ether oxygens (including phenoxy) is 2. The van der Waals surface area contributed by atoms with Crippen LogP contribution in [0.3, 0.4) is 0 Å². The standard InChI is InChI=1S/C19H18Br2N6O6S/c20-13-3-1-12(2-4-13)16-17(27-34(30,31)26-6-5-15(28)29)24-11-25-18(16)32-7-8-33-19-22-9-14(21)10-23-19/h1-4,9-11,26H,5-8H2,(H,28,29)(H,24,25,27). The number of aliphatic carboxylic acids is 1. The lowest BCUT2D eigenvalue weighted by Gasteiger charge is -2.15. The number of nitrogens with one attached hydrogen (secondary N) is 2. The Morgan fingerprint density at radius 1 is 0.971 bits per heavy atom. The van der Waals surface area contributed by atoms with E-state index in [0.29, 0.717) is 15.6 Å². The first kappa shape index (κ1) is 25.7. The van der Waals surface area contributed by atoms with E-state index >= 15 is 0 Å². The van der Waals surface area contributed by atoms with Crippen LogP contribution in [0.1, 0.15) is 6.42 Å². The van der Waals surface area contributed by atoms with Crippen molar-refractivity contribution in [3.63, 3.8) is 0 Å². The lowest BCUT2D eigenvalue weighted by Crippen LogP contribution is -2.32. The second-order valence-electron chi connectivity index (χ2n) is 6.43. The number of aromatic nitrogens is 4. The monoisotopic (exact) mass is 616 g/mol. The van der Waals surface area contributed by atoms with Gasteiger partial charge in [-0.1, -0.05) is 28.1 Å². The van der Waals surface area contributed by atoms with Gasteiger partial charge in [0.15, 0.2) is 5.82 Å². The maximum Gasteiger partial charge on any atom is 0.316 e. The van der Waals surface area contributed by atoms with Crippen molar-refractivity contribution >= 4 is 53.9 Å². The van der Waals surface area contributed by atoms with Gasteiger partial charge in [0, 0.05) is 23.4 Å². The van der Waals surface area contributed by atoms with Gasteiger partial charge in [-0.3, -0.25) is 9.52 Å². The van der Waals surface area contributed by atoms with E-state index in [-0.39, 0.29) is 43.9 Å². The maximum atomic E-state index is 12.4. The van der Waals surface area contributed by atoms with Gasteiger partial charge in [-0.15, -0.1) is 0 Å². The molecule has 0 spiro atoms. The highest BCUT2D eigenvalue weighted by atomic mass is 79.9. The Morgan fingerprint density at radius 2 is 1.65 bits per heavy atom. The molecular weight excluding hydrogens is 600 g/mol. The quantitative estimate of drug-likeness (QED) is 0.257. The van der Waals surface area contributed by atoms with Gasteiger partial charge >= 0.3 is 12.0 Å². The number of hydrogen-bond donors (Lipinski definition) is 3. The van der Waals surface area contributed by atoms with Crippen molar-refractivity contribution < 1.29 is 27.8 Å². The van der Waals surface area contributed by atoms with Gasteiger partial charge in [0.2, 0.25) is 5.88 Å². The third kappa shape index (κ3) is 7.86. The van der Waals surface area contributed by atoms with Crippen LogP contribution in [0.4, 0.5) is 5.82 Å². The highest BCUT2D eigenvalue weighted by molar-refractivity contribution is 9.10. The fourth-order valence-corrected chi connectivity index (χ4v) is 3.86. The van der Waals surface area contributed by atoms with Crippen molar-refractivity contribution in [1.29, 1.82) is 0 Å². The summed E-state index contributed by atoms with van der Waals surface area (Å²) in [5.74, 6) is -1.07. The summed E-state index contributed by atoms with van der Waals surface area (Å²) < 4.78 is 42.0. The van der Waals surface area contributed by atoms with Crippen molar-refractivity contribution in [3.8, 4) is 23.0 Å². The van der Waals surface area contributed by atoms with E-state index in [4.69, 9.17) is 14.6 Å². The molecule has 3 rings (SSSR count). The molecule has 180 valence electrons. The summed E-state index contributed by atoms with van der Waals surface area (Å²) in [5.41, 5.74) is 0.873. The first-order valence-electron chi connectivity index (χ1n) is 9.57. The number of benzene rings is 1. The third-order valence-corrected chi connectivity index (χ3v) is 5.94. The Balaban J connectivity index is 1.79. The number of carboxylic acids is 1. The number of carboxylic acid groups (broad SMARTS) is 1. The van der Waals surface area contributed by atoms with E-state index in [9.17, 15) is 13.2 Å². The van der Waals surface area contributed by atoms with Crippen LogP contribution in [0.15, 0.2) is 51.9 Å². The van der Waals surface area contributed by atoms with Gasteiger partial charge in [0.1, 0.15) is 19.5 Å². The van der Waals surface area contributed by atoms with Crippen molar-refractivity contribution in [3.05, 3.63) is 51.9 Å². The van der Waals surface area contributed by atoms with Gasteiger partial charge in [0.05, 0.1) is 16.5 Å². The van der Waals surface area contributed by atoms with E-state index in [0.717, 1.165) is 10.8 Å². The van der Waals surface area contributed by atoms with Crippen LogP contribution >= 0.6 is 31.9 Å². The summed E-state index contributed by atoms with van der Waals surface area (Å²) >= 11 is 6.60. The smallest absolute Gasteiger partial charge is 0.316 e. The molecule has 15 heteroatoms. The first-order chi connectivity index (χ1) is 16.2. The molecule has 1 aromatic carbocycles. The minimum absolute atomic E-state index is 0.0488. The van der Waals surface area contributed by atoms with Crippen molar-refractivity contribution in [2.75, 3.05) is 24.5 Å². The van der Waals surface area contributed by atoms with E-state index in [2.05, 4.69) is 61.2 Å². The second kappa shape index (κ2) is 12.0. The van der Waals surface area contributed by atoms with Crippen molar-refractivity contribution in [1.82, 2.24) is 24.7 Å². The molecule has 0 atom stereocenters. The summed E-state index contributed by atoms with van der Waals surface area (Å²) in [6.07, 6.45) is 3.86. The molecule has 2 heterocycles. The number of carbonyl (C=O) groups is 1. The van der Waals surface area contributed by atoms with Crippen LogP contribution in [0.5, 0.6) is 11.9 Å². The molecule has 34 heavy (non-hydrogen) atoms. The Labute approximate surface area is 211 Å². The fraction of sp³-hybridized carbons (Fsp3) is 0.211. The van der Waals surface area contributed by atoms with Crippen molar-refractivity contribution in [2.45, 2.75) is 6.42 Å². The third-order valence-electron chi connectivity index (χ3n) is 3.96. The van der Waals surface area contributed by atoms with Crippen LogP contribution in [-0.4, -0.2) is 59.2 Å². The Hall–Kier alpha value is -2.88. The highest BCUT2D eigenvalue weighted by Gasteiger charge is 2.20. The minimum atomic E-state index is -4.11. The molecule has 3 aromatic rings. The zero-order valence-corrected chi connectivity index (χ0v) is 21.3. The van der Waals surface area contributed by atoms with Crippen LogP contribution < -0.4 is 18.9 Å². The van der Waals surface area contributed by atoms with Gasteiger partial charge < -0.3 is 14.6 Å². The minimum Gasteiger partial charge on any atom is -0.481 e. The molecule has 0 saturated carbocycles. The maximum absolute atomic E-state index is 12.4. The molecule has 0 saturated heterocycles. The van der Waals surface area contributed by atoms with Crippen LogP contribution in [0.25, 0.3) is 11.1 Å². The molecule has 0 bridgehead atoms. The summed E-state index contributed by atoms with van der Waals surface area (Å²) in [5, 5.41) is 8.72.